The van der Waals surface area contributed by atoms with E-state index in [0.29, 0.717) is 6.42 Å². The van der Waals surface area contributed by atoms with Crippen molar-refractivity contribution in [1.29, 1.82) is 0 Å². The standard InChI is InChI=1S/C18H20F3N3O/c1-11-6-7-13(8-12(11)2)24-16-5-3-4-15(14(16)10-22-24)23-17(25)9-18(19,20)21/h6-8,10,15H,3-5,9H2,1-2H3,(H,23,25). The summed E-state index contributed by atoms with van der Waals surface area (Å²) in [5.41, 5.74) is 5.01. The van der Waals surface area contributed by atoms with Crippen LogP contribution in [0.15, 0.2) is 24.4 Å². The van der Waals surface area contributed by atoms with Crippen LogP contribution in [0.4, 0.5) is 13.2 Å². The fourth-order valence-electron chi connectivity index (χ4n) is 3.21. The Hall–Kier alpha value is -2.31. The normalized spacial score (nSPS) is 17.2. The second-order valence-corrected chi connectivity index (χ2v) is 6.53. The first-order chi connectivity index (χ1) is 11.7. The number of rotatable bonds is 3. The van der Waals surface area contributed by atoms with Crippen LogP contribution in [0.2, 0.25) is 0 Å². The molecule has 1 atom stereocenters. The van der Waals surface area contributed by atoms with Crippen molar-refractivity contribution < 1.29 is 18.0 Å². The topological polar surface area (TPSA) is 46.9 Å². The Morgan fingerprint density at radius 2 is 2.08 bits per heavy atom. The van der Waals surface area contributed by atoms with Crippen molar-refractivity contribution in [2.24, 2.45) is 0 Å². The zero-order valence-electron chi connectivity index (χ0n) is 14.2. The van der Waals surface area contributed by atoms with Crippen LogP contribution in [0, 0.1) is 13.8 Å². The highest BCUT2D eigenvalue weighted by Gasteiger charge is 2.33. The maximum Gasteiger partial charge on any atom is 0.397 e. The van der Waals surface area contributed by atoms with Gasteiger partial charge in [0.15, 0.2) is 0 Å². The van der Waals surface area contributed by atoms with Crippen LogP contribution in [-0.4, -0.2) is 21.9 Å². The van der Waals surface area contributed by atoms with E-state index in [-0.39, 0.29) is 0 Å². The average molecular weight is 351 g/mol. The first-order valence-corrected chi connectivity index (χ1v) is 8.25. The fraction of sp³-hybridized carbons (Fsp3) is 0.444. The number of benzene rings is 1. The van der Waals surface area contributed by atoms with Crippen LogP contribution >= 0.6 is 0 Å². The molecule has 0 saturated carbocycles. The number of alkyl halides is 3. The minimum absolute atomic E-state index is 0.418. The highest BCUT2D eigenvalue weighted by atomic mass is 19.4. The lowest BCUT2D eigenvalue weighted by Crippen LogP contribution is -2.33. The summed E-state index contributed by atoms with van der Waals surface area (Å²) in [5, 5.41) is 6.92. The molecular formula is C18H20F3N3O. The molecule has 1 aromatic heterocycles. The Morgan fingerprint density at radius 3 is 2.76 bits per heavy atom. The molecule has 1 aromatic carbocycles. The monoisotopic (exact) mass is 351 g/mol. The molecule has 1 aliphatic rings. The zero-order chi connectivity index (χ0) is 18.2. The summed E-state index contributed by atoms with van der Waals surface area (Å²) in [4.78, 5) is 11.6. The Morgan fingerprint density at radius 1 is 1.32 bits per heavy atom. The quantitative estimate of drug-likeness (QED) is 0.911. The van der Waals surface area contributed by atoms with Crippen molar-refractivity contribution in [2.75, 3.05) is 0 Å². The summed E-state index contributed by atoms with van der Waals surface area (Å²) in [5.74, 6) is -0.996. The van der Waals surface area contributed by atoms with Crippen LogP contribution < -0.4 is 5.32 Å². The van der Waals surface area contributed by atoms with Crippen LogP contribution in [-0.2, 0) is 11.2 Å². The predicted octanol–water partition coefficient (Wildman–Crippen LogP) is 3.94. The fourth-order valence-corrected chi connectivity index (χ4v) is 3.21. The lowest BCUT2D eigenvalue weighted by Gasteiger charge is -2.24. The molecule has 0 spiro atoms. The second-order valence-electron chi connectivity index (χ2n) is 6.53. The van der Waals surface area contributed by atoms with Crippen LogP contribution in [0.1, 0.15) is 47.7 Å². The zero-order valence-corrected chi connectivity index (χ0v) is 14.2. The molecule has 25 heavy (non-hydrogen) atoms. The van der Waals surface area contributed by atoms with Crippen LogP contribution in [0.25, 0.3) is 5.69 Å². The van der Waals surface area contributed by atoms with Gasteiger partial charge < -0.3 is 5.32 Å². The number of carbonyl (C=O) groups excluding carboxylic acids is 1. The SMILES string of the molecule is Cc1ccc(-n2ncc3c2CCCC3NC(=O)CC(F)(F)F)cc1C. The van der Waals surface area contributed by atoms with Gasteiger partial charge in [-0.15, -0.1) is 0 Å². The van der Waals surface area contributed by atoms with E-state index in [2.05, 4.69) is 10.4 Å². The summed E-state index contributed by atoms with van der Waals surface area (Å²) < 4.78 is 38.9. The van der Waals surface area contributed by atoms with E-state index in [1.54, 1.807) is 6.20 Å². The molecule has 0 bridgehead atoms. The molecule has 134 valence electrons. The van der Waals surface area contributed by atoms with Crippen LogP contribution in [0.3, 0.4) is 0 Å². The highest BCUT2D eigenvalue weighted by Crippen LogP contribution is 2.32. The van der Waals surface area contributed by atoms with Gasteiger partial charge in [-0.1, -0.05) is 6.07 Å². The summed E-state index contributed by atoms with van der Waals surface area (Å²) in [7, 11) is 0. The van der Waals surface area contributed by atoms with E-state index in [0.717, 1.165) is 35.3 Å². The van der Waals surface area contributed by atoms with E-state index < -0.39 is 24.5 Å². The molecule has 1 aliphatic carbocycles. The third-order valence-electron chi connectivity index (χ3n) is 4.61. The molecule has 1 heterocycles. The van der Waals surface area contributed by atoms with Crippen molar-refractivity contribution in [3.05, 3.63) is 46.8 Å². The minimum atomic E-state index is -4.49. The third-order valence-corrected chi connectivity index (χ3v) is 4.61. The van der Waals surface area contributed by atoms with Gasteiger partial charge in [-0.3, -0.25) is 4.79 Å². The van der Waals surface area contributed by atoms with E-state index in [4.69, 9.17) is 0 Å². The van der Waals surface area contributed by atoms with Gasteiger partial charge in [0.05, 0.1) is 17.9 Å². The predicted molar refractivity (Wildman–Crippen MR) is 87.5 cm³/mol. The molecule has 0 radical (unpaired) electrons. The number of halogens is 3. The van der Waals surface area contributed by atoms with E-state index in [1.165, 1.54) is 5.56 Å². The maximum absolute atomic E-state index is 12.4. The summed E-state index contributed by atoms with van der Waals surface area (Å²) in [6, 6.07) is 5.61. The Bertz CT molecular complexity index is 795. The maximum atomic E-state index is 12.4. The van der Waals surface area contributed by atoms with E-state index >= 15 is 0 Å². The molecule has 0 saturated heterocycles. The molecule has 0 aliphatic heterocycles. The molecule has 7 heteroatoms. The van der Waals surface area contributed by atoms with Crippen LogP contribution in [0.5, 0.6) is 0 Å². The van der Waals surface area contributed by atoms with E-state index in [9.17, 15) is 18.0 Å². The number of nitrogens with zero attached hydrogens (tertiary/aromatic N) is 2. The average Bonchev–Trinajstić information content (AvgIpc) is 2.93. The summed E-state index contributed by atoms with van der Waals surface area (Å²) in [6.07, 6.45) is -2.10. The van der Waals surface area contributed by atoms with E-state index in [1.807, 2.05) is 36.7 Å². The van der Waals surface area contributed by atoms with Crippen molar-refractivity contribution in [2.45, 2.75) is 51.7 Å². The Balaban J connectivity index is 1.85. The van der Waals surface area contributed by atoms with Gasteiger partial charge in [-0.2, -0.15) is 18.3 Å². The molecule has 2 aromatic rings. The largest absolute Gasteiger partial charge is 0.397 e. The van der Waals surface area contributed by atoms with Crippen molar-refractivity contribution in [3.8, 4) is 5.69 Å². The van der Waals surface area contributed by atoms with Gasteiger partial charge in [0.1, 0.15) is 6.42 Å². The summed E-state index contributed by atoms with van der Waals surface area (Å²) >= 11 is 0. The number of carbonyl (C=O) groups is 1. The number of aromatic nitrogens is 2. The molecule has 1 unspecified atom stereocenters. The molecule has 0 fully saturated rings. The molecular weight excluding hydrogens is 331 g/mol. The minimum Gasteiger partial charge on any atom is -0.349 e. The molecule has 1 amide bonds. The van der Waals surface area contributed by atoms with Gasteiger partial charge in [0, 0.05) is 11.3 Å². The van der Waals surface area contributed by atoms with Crippen molar-refractivity contribution in [3.63, 3.8) is 0 Å². The number of hydrogen-bond acceptors (Lipinski definition) is 2. The Labute approximate surface area is 144 Å². The highest BCUT2D eigenvalue weighted by molar-refractivity contribution is 5.77. The number of nitrogens with one attached hydrogen (secondary N) is 1. The smallest absolute Gasteiger partial charge is 0.349 e. The Kier molecular flexibility index (Phi) is 4.58. The number of hydrogen-bond donors (Lipinski definition) is 1. The second kappa shape index (κ2) is 6.54. The van der Waals surface area contributed by atoms with Gasteiger partial charge in [0.2, 0.25) is 5.91 Å². The first-order valence-electron chi connectivity index (χ1n) is 8.25. The number of amides is 1. The van der Waals surface area contributed by atoms with Gasteiger partial charge in [0.25, 0.3) is 0 Å². The lowest BCUT2D eigenvalue weighted by molar-refractivity contribution is -0.154. The number of fused-ring (bicyclic) bond motifs is 1. The molecule has 4 nitrogen and oxygen atoms in total. The van der Waals surface area contributed by atoms with Crippen molar-refractivity contribution >= 4 is 5.91 Å². The van der Waals surface area contributed by atoms with Gasteiger partial charge >= 0.3 is 6.18 Å². The lowest BCUT2D eigenvalue weighted by atomic mass is 9.92. The third kappa shape index (κ3) is 3.86. The van der Waals surface area contributed by atoms with Gasteiger partial charge in [-0.05, 0) is 56.4 Å². The molecule has 1 N–H and O–H groups in total. The number of aryl methyl sites for hydroxylation is 2. The summed E-state index contributed by atoms with van der Waals surface area (Å²) in [6.45, 7) is 4.05. The van der Waals surface area contributed by atoms with Gasteiger partial charge in [-0.25, -0.2) is 4.68 Å². The molecule has 3 rings (SSSR count). The first kappa shape index (κ1) is 17.5. The van der Waals surface area contributed by atoms with Crippen molar-refractivity contribution in [1.82, 2.24) is 15.1 Å².